The van der Waals surface area contributed by atoms with E-state index in [0.717, 1.165) is 11.3 Å². The molecule has 0 spiro atoms. The first-order chi connectivity index (χ1) is 9.75. The molecule has 0 amide bonds. The molecule has 0 radical (unpaired) electrons. The second-order valence-corrected chi connectivity index (χ2v) is 5.83. The molecule has 0 aliphatic heterocycles. The molecule has 1 atom stereocenters. The van der Waals surface area contributed by atoms with E-state index in [2.05, 4.69) is 5.32 Å². The summed E-state index contributed by atoms with van der Waals surface area (Å²) in [5.41, 5.74) is 1.11. The van der Waals surface area contributed by atoms with Gasteiger partial charge in [0.2, 0.25) is 0 Å². The van der Waals surface area contributed by atoms with Gasteiger partial charge in [0.1, 0.15) is 18.5 Å². The minimum absolute atomic E-state index is 0.352. The predicted molar refractivity (Wildman–Crippen MR) is 82.2 cm³/mol. The van der Waals surface area contributed by atoms with E-state index < -0.39 is 6.10 Å². The quantitative estimate of drug-likeness (QED) is 0.785. The van der Waals surface area contributed by atoms with E-state index >= 15 is 0 Å². The SMILES string of the molecule is Cc1ccccc1OCC(O)CNC1CCCCCC1. The van der Waals surface area contributed by atoms with E-state index in [4.69, 9.17) is 4.74 Å². The van der Waals surface area contributed by atoms with Gasteiger partial charge in [0.25, 0.3) is 0 Å². The molecule has 2 rings (SSSR count). The maximum atomic E-state index is 10.0. The molecule has 0 saturated heterocycles. The molecular weight excluding hydrogens is 250 g/mol. The summed E-state index contributed by atoms with van der Waals surface area (Å²) in [6.07, 6.45) is 7.38. The molecule has 20 heavy (non-hydrogen) atoms. The molecule has 0 heterocycles. The van der Waals surface area contributed by atoms with Crippen LogP contribution < -0.4 is 10.1 Å². The van der Waals surface area contributed by atoms with Crippen molar-refractivity contribution in [2.45, 2.75) is 57.6 Å². The summed E-state index contributed by atoms with van der Waals surface area (Å²) in [6.45, 7) is 2.99. The van der Waals surface area contributed by atoms with Gasteiger partial charge in [-0.1, -0.05) is 43.9 Å². The third-order valence-corrected chi connectivity index (χ3v) is 4.02. The fourth-order valence-corrected chi connectivity index (χ4v) is 2.75. The van der Waals surface area contributed by atoms with Gasteiger partial charge in [-0.3, -0.25) is 0 Å². The van der Waals surface area contributed by atoms with Crippen LogP contribution in [-0.4, -0.2) is 30.4 Å². The first-order valence-electron chi connectivity index (χ1n) is 7.85. The van der Waals surface area contributed by atoms with E-state index in [9.17, 15) is 5.11 Å². The van der Waals surface area contributed by atoms with Crippen LogP contribution in [0.4, 0.5) is 0 Å². The Morgan fingerprint density at radius 1 is 1.20 bits per heavy atom. The maximum absolute atomic E-state index is 10.0. The number of benzene rings is 1. The smallest absolute Gasteiger partial charge is 0.122 e. The van der Waals surface area contributed by atoms with Crippen LogP contribution in [0.2, 0.25) is 0 Å². The highest BCUT2D eigenvalue weighted by molar-refractivity contribution is 5.31. The Morgan fingerprint density at radius 2 is 1.90 bits per heavy atom. The van der Waals surface area contributed by atoms with Gasteiger partial charge in [0.15, 0.2) is 0 Å². The van der Waals surface area contributed by atoms with Crippen molar-refractivity contribution in [3.63, 3.8) is 0 Å². The Hall–Kier alpha value is -1.06. The highest BCUT2D eigenvalue weighted by Gasteiger charge is 2.13. The van der Waals surface area contributed by atoms with Gasteiger partial charge in [0, 0.05) is 12.6 Å². The first-order valence-corrected chi connectivity index (χ1v) is 7.85. The van der Waals surface area contributed by atoms with Gasteiger partial charge in [-0.05, 0) is 31.4 Å². The Kier molecular flexibility index (Phi) is 6.34. The minimum atomic E-state index is -0.446. The van der Waals surface area contributed by atoms with E-state index in [1.807, 2.05) is 31.2 Å². The fraction of sp³-hybridized carbons (Fsp3) is 0.647. The molecule has 3 nitrogen and oxygen atoms in total. The average Bonchev–Trinajstić information content (AvgIpc) is 2.73. The van der Waals surface area contributed by atoms with Crippen molar-refractivity contribution in [1.29, 1.82) is 0 Å². The number of hydrogen-bond donors (Lipinski definition) is 2. The number of ether oxygens (including phenoxy) is 1. The van der Waals surface area contributed by atoms with Crippen LogP contribution in [0.25, 0.3) is 0 Å². The van der Waals surface area contributed by atoms with Gasteiger partial charge in [-0.2, -0.15) is 0 Å². The van der Waals surface area contributed by atoms with Crippen LogP contribution in [0, 0.1) is 6.92 Å². The molecule has 1 aliphatic rings. The van der Waals surface area contributed by atoms with Gasteiger partial charge in [0.05, 0.1) is 0 Å². The molecule has 1 aliphatic carbocycles. The first kappa shape index (κ1) is 15.3. The summed E-state index contributed by atoms with van der Waals surface area (Å²) < 4.78 is 5.67. The van der Waals surface area contributed by atoms with Crippen LogP contribution >= 0.6 is 0 Å². The second kappa shape index (κ2) is 8.28. The van der Waals surface area contributed by atoms with Crippen LogP contribution in [0.5, 0.6) is 5.75 Å². The molecule has 1 fully saturated rings. The van der Waals surface area contributed by atoms with Crippen molar-refractivity contribution >= 4 is 0 Å². The topological polar surface area (TPSA) is 41.5 Å². The Balaban J connectivity index is 1.67. The third-order valence-electron chi connectivity index (χ3n) is 4.02. The monoisotopic (exact) mass is 277 g/mol. The van der Waals surface area contributed by atoms with Crippen LogP contribution in [-0.2, 0) is 0 Å². The Morgan fingerprint density at radius 3 is 2.60 bits per heavy atom. The lowest BCUT2D eigenvalue weighted by Crippen LogP contribution is -2.37. The highest BCUT2D eigenvalue weighted by atomic mass is 16.5. The van der Waals surface area contributed by atoms with Crippen LogP contribution in [0.3, 0.4) is 0 Å². The van der Waals surface area contributed by atoms with E-state index in [1.54, 1.807) is 0 Å². The number of para-hydroxylation sites is 1. The Labute approximate surface area is 122 Å². The summed E-state index contributed by atoms with van der Waals surface area (Å²) in [5, 5.41) is 13.5. The molecule has 1 aromatic carbocycles. The lowest BCUT2D eigenvalue weighted by Gasteiger charge is -2.19. The number of aliphatic hydroxyl groups is 1. The van der Waals surface area contributed by atoms with E-state index in [-0.39, 0.29) is 0 Å². The molecule has 1 unspecified atom stereocenters. The van der Waals surface area contributed by atoms with Gasteiger partial charge < -0.3 is 15.2 Å². The standard InChI is InChI=1S/C17H27NO2/c1-14-8-6-7-11-17(14)20-13-16(19)12-18-15-9-4-2-3-5-10-15/h6-8,11,15-16,18-19H,2-5,9-10,12-13H2,1H3. The predicted octanol–water partition coefficient (Wildman–Crippen LogP) is 3.05. The maximum Gasteiger partial charge on any atom is 0.122 e. The summed E-state index contributed by atoms with van der Waals surface area (Å²) >= 11 is 0. The number of aryl methyl sites for hydroxylation is 1. The zero-order valence-corrected chi connectivity index (χ0v) is 12.5. The van der Waals surface area contributed by atoms with Gasteiger partial charge >= 0.3 is 0 Å². The van der Waals surface area contributed by atoms with Gasteiger partial charge in [-0.15, -0.1) is 0 Å². The summed E-state index contributed by atoms with van der Waals surface area (Å²) in [4.78, 5) is 0. The molecule has 112 valence electrons. The van der Waals surface area contributed by atoms with Crippen molar-refractivity contribution in [1.82, 2.24) is 5.32 Å². The average molecular weight is 277 g/mol. The van der Waals surface area contributed by atoms with Crippen molar-refractivity contribution in [2.24, 2.45) is 0 Å². The minimum Gasteiger partial charge on any atom is -0.491 e. The Bertz CT molecular complexity index is 386. The van der Waals surface area contributed by atoms with Crippen LogP contribution in [0.15, 0.2) is 24.3 Å². The number of aliphatic hydroxyl groups excluding tert-OH is 1. The van der Waals surface area contributed by atoms with E-state index in [0.29, 0.717) is 19.2 Å². The van der Waals surface area contributed by atoms with Crippen LogP contribution in [0.1, 0.15) is 44.1 Å². The molecule has 1 aromatic rings. The fourth-order valence-electron chi connectivity index (χ4n) is 2.75. The van der Waals surface area contributed by atoms with Crippen molar-refractivity contribution in [3.8, 4) is 5.75 Å². The van der Waals surface area contributed by atoms with E-state index in [1.165, 1.54) is 38.5 Å². The molecule has 0 aromatic heterocycles. The lowest BCUT2D eigenvalue weighted by molar-refractivity contribution is 0.102. The highest BCUT2D eigenvalue weighted by Crippen LogP contribution is 2.18. The number of nitrogens with one attached hydrogen (secondary N) is 1. The number of hydrogen-bond acceptors (Lipinski definition) is 3. The molecule has 0 bridgehead atoms. The molecule has 1 saturated carbocycles. The molecule has 3 heteroatoms. The third kappa shape index (κ3) is 5.14. The molecule has 2 N–H and O–H groups in total. The van der Waals surface area contributed by atoms with Crippen molar-refractivity contribution < 1.29 is 9.84 Å². The summed E-state index contributed by atoms with van der Waals surface area (Å²) in [7, 11) is 0. The van der Waals surface area contributed by atoms with Crippen molar-refractivity contribution in [2.75, 3.05) is 13.2 Å². The number of rotatable bonds is 6. The summed E-state index contributed by atoms with van der Waals surface area (Å²) in [5.74, 6) is 0.862. The normalized spacial score (nSPS) is 18.5. The summed E-state index contributed by atoms with van der Waals surface area (Å²) in [6, 6.07) is 8.49. The zero-order valence-electron chi connectivity index (χ0n) is 12.5. The largest absolute Gasteiger partial charge is 0.491 e. The van der Waals surface area contributed by atoms with Crippen molar-refractivity contribution in [3.05, 3.63) is 29.8 Å². The lowest BCUT2D eigenvalue weighted by atomic mass is 10.1. The molecular formula is C17H27NO2. The zero-order chi connectivity index (χ0) is 14.2. The van der Waals surface area contributed by atoms with Gasteiger partial charge in [-0.25, -0.2) is 0 Å². The second-order valence-electron chi connectivity index (χ2n) is 5.83.